The van der Waals surface area contributed by atoms with Crippen LogP contribution in [0.4, 0.5) is 0 Å². The van der Waals surface area contributed by atoms with Crippen molar-refractivity contribution in [3.8, 4) is 6.07 Å². The molecule has 0 saturated carbocycles. The van der Waals surface area contributed by atoms with Gasteiger partial charge in [0.25, 0.3) is 0 Å². The summed E-state index contributed by atoms with van der Waals surface area (Å²) in [5.41, 5.74) is 0.999. The second kappa shape index (κ2) is 6.58. The molecule has 1 unspecified atom stereocenters. The van der Waals surface area contributed by atoms with Crippen molar-refractivity contribution < 1.29 is 12.8 Å². The summed E-state index contributed by atoms with van der Waals surface area (Å²) in [5, 5.41) is 9.32. The van der Waals surface area contributed by atoms with Crippen molar-refractivity contribution in [3.63, 3.8) is 0 Å². The van der Waals surface area contributed by atoms with Crippen LogP contribution < -0.4 is 0 Å². The topological polar surface area (TPSA) is 84.0 Å². The van der Waals surface area contributed by atoms with Gasteiger partial charge >= 0.3 is 0 Å². The molecule has 0 aliphatic heterocycles. The van der Waals surface area contributed by atoms with Crippen LogP contribution in [-0.2, 0) is 16.3 Å². The van der Waals surface area contributed by atoms with E-state index in [1.807, 2.05) is 13.8 Å². The van der Waals surface area contributed by atoms with Crippen LogP contribution in [0.1, 0.15) is 30.1 Å². The van der Waals surface area contributed by atoms with Crippen LogP contribution in [0.3, 0.4) is 0 Å². The van der Waals surface area contributed by atoms with E-state index < -0.39 is 9.84 Å². The number of benzene rings is 1. The minimum atomic E-state index is -3.55. The standard InChI is InChI=1S/C16H16N2O3S/c1-12(10-16-18-11-13(2)21-16)14-4-6-15(7-5-14)22(19,20)9-3-8-17/h3-7,9,11-12H,10H2,1-2H3/b9-3+. The van der Waals surface area contributed by atoms with Gasteiger partial charge in [0.1, 0.15) is 5.76 Å². The molecule has 0 amide bonds. The summed E-state index contributed by atoms with van der Waals surface area (Å²) in [6, 6.07) is 8.31. The van der Waals surface area contributed by atoms with Crippen molar-refractivity contribution in [2.75, 3.05) is 0 Å². The molecule has 0 fully saturated rings. The van der Waals surface area contributed by atoms with Gasteiger partial charge in [0.05, 0.1) is 17.2 Å². The summed E-state index contributed by atoms with van der Waals surface area (Å²) >= 11 is 0. The fourth-order valence-corrected chi connectivity index (χ4v) is 2.97. The first-order valence-corrected chi connectivity index (χ1v) is 8.29. The van der Waals surface area contributed by atoms with Crippen molar-refractivity contribution >= 4 is 9.84 Å². The van der Waals surface area contributed by atoms with Crippen LogP contribution >= 0.6 is 0 Å². The highest BCUT2D eigenvalue weighted by Gasteiger charge is 2.13. The zero-order valence-corrected chi connectivity index (χ0v) is 13.2. The van der Waals surface area contributed by atoms with E-state index >= 15 is 0 Å². The van der Waals surface area contributed by atoms with Gasteiger partial charge in [-0.25, -0.2) is 13.4 Å². The maximum absolute atomic E-state index is 11.9. The van der Waals surface area contributed by atoms with E-state index in [-0.39, 0.29) is 10.8 Å². The molecule has 22 heavy (non-hydrogen) atoms. The lowest BCUT2D eigenvalue weighted by atomic mass is 9.98. The number of sulfone groups is 1. The van der Waals surface area contributed by atoms with Crippen LogP contribution in [0.15, 0.2) is 51.3 Å². The molecule has 0 saturated heterocycles. The summed E-state index contributed by atoms with van der Waals surface area (Å²) in [5.74, 6) is 1.59. The molecule has 6 heteroatoms. The van der Waals surface area contributed by atoms with E-state index in [1.165, 1.54) is 0 Å². The van der Waals surface area contributed by atoms with E-state index in [0.717, 1.165) is 22.8 Å². The third-order valence-corrected chi connectivity index (χ3v) is 4.67. The minimum Gasteiger partial charge on any atom is -0.446 e. The molecular weight excluding hydrogens is 300 g/mol. The van der Waals surface area contributed by atoms with Gasteiger partial charge in [-0.05, 0) is 30.5 Å². The zero-order chi connectivity index (χ0) is 16.2. The molecule has 0 aliphatic carbocycles. The van der Waals surface area contributed by atoms with Crippen LogP contribution in [0.2, 0.25) is 0 Å². The molecule has 114 valence electrons. The van der Waals surface area contributed by atoms with Crippen LogP contribution in [0.25, 0.3) is 0 Å². The molecule has 1 aromatic heterocycles. The molecule has 0 N–H and O–H groups in total. The number of nitrogens with zero attached hydrogens (tertiary/aromatic N) is 2. The fourth-order valence-electron chi connectivity index (χ4n) is 2.06. The predicted molar refractivity (Wildman–Crippen MR) is 81.7 cm³/mol. The maximum Gasteiger partial charge on any atom is 0.200 e. The summed E-state index contributed by atoms with van der Waals surface area (Å²) in [4.78, 5) is 4.34. The number of oxazole rings is 1. The quantitative estimate of drug-likeness (QED) is 0.791. The first-order valence-electron chi connectivity index (χ1n) is 6.75. The summed E-state index contributed by atoms with van der Waals surface area (Å²) in [7, 11) is -3.55. The number of aromatic nitrogens is 1. The second-order valence-corrected chi connectivity index (χ2v) is 6.85. The van der Waals surface area contributed by atoms with Crippen molar-refractivity contribution in [3.05, 3.63) is 59.2 Å². The number of allylic oxidation sites excluding steroid dienone is 1. The van der Waals surface area contributed by atoms with Gasteiger partial charge in [-0.15, -0.1) is 0 Å². The zero-order valence-electron chi connectivity index (χ0n) is 12.4. The highest BCUT2D eigenvalue weighted by atomic mass is 32.2. The van der Waals surface area contributed by atoms with E-state index in [9.17, 15) is 8.42 Å². The van der Waals surface area contributed by atoms with Gasteiger partial charge in [-0.2, -0.15) is 5.26 Å². The molecular formula is C16H16N2O3S. The Morgan fingerprint density at radius 2 is 2.05 bits per heavy atom. The third-order valence-electron chi connectivity index (χ3n) is 3.25. The number of hydrogen-bond acceptors (Lipinski definition) is 5. The first-order chi connectivity index (χ1) is 10.4. The van der Waals surface area contributed by atoms with Gasteiger partial charge in [0, 0.05) is 17.9 Å². The summed E-state index contributed by atoms with van der Waals surface area (Å²) < 4.78 is 29.3. The summed E-state index contributed by atoms with van der Waals surface area (Å²) in [6.07, 6.45) is 3.28. The highest BCUT2D eigenvalue weighted by molar-refractivity contribution is 7.94. The number of rotatable bonds is 5. The number of nitriles is 1. The molecule has 0 aliphatic rings. The largest absolute Gasteiger partial charge is 0.446 e. The Labute approximate surface area is 129 Å². The molecule has 2 rings (SSSR count). The van der Waals surface area contributed by atoms with Crippen LogP contribution in [0.5, 0.6) is 0 Å². The maximum atomic E-state index is 11.9. The molecule has 5 nitrogen and oxygen atoms in total. The molecule has 1 atom stereocenters. The fraction of sp³-hybridized carbons (Fsp3) is 0.250. The van der Waals surface area contributed by atoms with E-state index in [2.05, 4.69) is 4.98 Å². The highest BCUT2D eigenvalue weighted by Crippen LogP contribution is 2.22. The summed E-state index contributed by atoms with van der Waals surface area (Å²) in [6.45, 7) is 3.87. The molecule has 1 aromatic carbocycles. The lowest BCUT2D eigenvalue weighted by molar-refractivity contribution is 0.457. The molecule has 2 aromatic rings. The predicted octanol–water partition coefficient (Wildman–Crippen LogP) is 3.14. The Morgan fingerprint density at radius 1 is 1.36 bits per heavy atom. The SMILES string of the molecule is Cc1cnc(CC(C)c2ccc(S(=O)(=O)/C=C/C#N)cc2)o1. The Hall–Kier alpha value is -2.39. The molecule has 0 bridgehead atoms. The Kier molecular flexibility index (Phi) is 4.78. The van der Waals surface area contributed by atoms with E-state index in [0.29, 0.717) is 12.3 Å². The Balaban J connectivity index is 2.15. The van der Waals surface area contributed by atoms with Crippen molar-refractivity contribution in [1.82, 2.24) is 4.98 Å². The van der Waals surface area contributed by atoms with Crippen LogP contribution in [0, 0.1) is 18.3 Å². The van der Waals surface area contributed by atoms with Gasteiger partial charge in [0.2, 0.25) is 9.84 Å². The van der Waals surface area contributed by atoms with Crippen molar-refractivity contribution in [2.45, 2.75) is 31.1 Å². The number of aryl methyl sites for hydroxylation is 1. The average molecular weight is 316 g/mol. The minimum absolute atomic E-state index is 0.157. The second-order valence-electron chi connectivity index (χ2n) is 5.02. The number of hydrogen-bond donors (Lipinski definition) is 0. The van der Waals surface area contributed by atoms with Gasteiger partial charge in [-0.3, -0.25) is 0 Å². The van der Waals surface area contributed by atoms with Gasteiger partial charge < -0.3 is 4.42 Å². The molecule has 0 spiro atoms. The Bertz CT molecular complexity index is 812. The molecule has 0 radical (unpaired) electrons. The third kappa shape index (κ3) is 3.83. The van der Waals surface area contributed by atoms with Crippen molar-refractivity contribution in [1.29, 1.82) is 5.26 Å². The lowest BCUT2D eigenvalue weighted by Gasteiger charge is -2.10. The molecule has 1 heterocycles. The smallest absolute Gasteiger partial charge is 0.200 e. The lowest BCUT2D eigenvalue weighted by Crippen LogP contribution is -2.01. The first kappa shape index (κ1) is 16.0. The average Bonchev–Trinajstić information content (AvgIpc) is 2.90. The van der Waals surface area contributed by atoms with E-state index in [1.54, 1.807) is 36.5 Å². The van der Waals surface area contributed by atoms with E-state index in [4.69, 9.17) is 9.68 Å². The van der Waals surface area contributed by atoms with Gasteiger partial charge in [0.15, 0.2) is 5.89 Å². The normalized spacial score (nSPS) is 13.1. The Morgan fingerprint density at radius 3 is 2.59 bits per heavy atom. The van der Waals surface area contributed by atoms with Crippen molar-refractivity contribution in [2.24, 2.45) is 0 Å². The monoisotopic (exact) mass is 316 g/mol. The van der Waals surface area contributed by atoms with Crippen LogP contribution in [-0.4, -0.2) is 13.4 Å². The van der Waals surface area contributed by atoms with Gasteiger partial charge in [-0.1, -0.05) is 19.1 Å².